The van der Waals surface area contributed by atoms with E-state index in [0.29, 0.717) is 5.02 Å². The smallest absolute Gasteiger partial charge is 0.282 e. The number of piperazine rings is 3. The van der Waals surface area contributed by atoms with Crippen LogP contribution in [0.2, 0.25) is 5.02 Å². The van der Waals surface area contributed by atoms with Gasteiger partial charge in [0.1, 0.15) is 0 Å². The van der Waals surface area contributed by atoms with Crippen molar-refractivity contribution in [3.05, 3.63) is 29.3 Å². The van der Waals surface area contributed by atoms with Crippen LogP contribution in [0.5, 0.6) is 0 Å². The molecule has 1 aromatic carbocycles. The summed E-state index contributed by atoms with van der Waals surface area (Å²) in [4.78, 5) is 15.0. The molecule has 0 radical (unpaired) electrons. The van der Waals surface area contributed by atoms with Crippen molar-refractivity contribution >= 4 is 23.2 Å². The van der Waals surface area contributed by atoms with Crippen molar-refractivity contribution in [2.24, 2.45) is 0 Å². The first kappa shape index (κ1) is 13.9. The van der Waals surface area contributed by atoms with Gasteiger partial charge in [-0.05, 0) is 31.2 Å². The van der Waals surface area contributed by atoms with Gasteiger partial charge in [0.2, 0.25) is 0 Å². The Labute approximate surface area is 124 Å². The molecular weight excluding hydrogens is 274 g/mol. The molecule has 4 nitrogen and oxygen atoms in total. The molecule has 3 saturated heterocycles. The van der Waals surface area contributed by atoms with Crippen LogP contribution in [0.4, 0.5) is 5.69 Å². The van der Waals surface area contributed by atoms with Gasteiger partial charge in [0, 0.05) is 30.3 Å². The fraction of sp³-hybridized carbons (Fsp3) is 0.533. The van der Waals surface area contributed by atoms with E-state index < -0.39 is 0 Å². The van der Waals surface area contributed by atoms with Gasteiger partial charge in [-0.2, -0.15) is 0 Å². The fourth-order valence-electron chi connectivity index (χ4n) is 3.30. The Balaban J connectivity index is 1.68. The number of carbonyl (C=O) groups excluding carboxylic acids is 1. The molecule has 1 aromatic rings. The Morgan fingerprint density at radius 1 is 1.20 bits per heavy atom. The molecule has 4 rings (SSSR count). The highest BCUT2D eigenvalue weighted by molar-refractivity contribution is 6.30. The molecule has 1 N–H and O–H groups in total. The van der Waals surface area contributed by atoms with Gasteiger partial charge in [-0.25, -0.2) is 0 Å². The fourth-order valence-corrected chi connectivity index (χ4v) is 3.43. The summed E-state index contributed by atoms with van der Waals surface area (Å²) in [5, 5.41) is 3.70. The quantitative estimate of drug-likeness (QED) is 0.863. The summed E-state index contributed by atoms with van der Waals surface area (Å²) in [7, 11) is 0. The third-order valence-electron chi connectivity index (χ3n) is 4.90. The third-order valence-corrected chi connectivity index (χ3v) is 5.15. The molecule has 3 aliphatic rings. The van der Waals surface area contributed by atoms with E-state index in [9.17, 15) is 4.79 Å². The van der Waals surface area contributed by atoms with Crippen LogP contribution in [0.3, 0.4) is 0 Å². The normalized spacial score (nSPS) is 30.0. The zero-order valence-corrected chi connectivity index (χ0v) is 12.6. The van der Waals surface area contributed by atoms with Crippen molar-refractivity contribution in [2.45, 2.75) is 13.0 Å². The molecule has 5 heteroatoms. The minimum absolute atomic E-state index is 0.00753. The molecule has 0 saturated carbocycles. The topological polar surface area (TPSA) is 32.3 Å². The number of amides is 1. The van der Waals surface area contributed by atoms with Crippen molar-refractivity contribution in [1.82, 2.24) is 4.90 Å². The number of hydrogen-bond donors (Lipinski definition) is 1. The largest absolute Gasteiger partial charge is 0.321 e. The minimum atomic E-state index is 0.00753. The van der Waals surface area contributed by atoms with E-state index >= 15 is 0 Å². The number of fused-ring (bicyclic) bond motifs is 3. The van der Waals surface area contributed by atoms with Crippen LogP contribution in [-0.2, 0) is 4.79 Å². The van der Waals surface area contributed by atoms with Crippen LogP contribution in [0.25, 0.3) is 0 Å². The number of rotatable bonds is 3. The van der Waals surface area contributed by atoms with E-state index in [4.69, 9.17) is 11.6 Å². The van der Waals surface area contributed by atoms with Gasteiger partial charge in [0.15, 0.2) is 6.04 Å². The summed E-state index contributed by atoms with van der Waals surface area (Å²) < 4.78 is 0.940. The number of halogens is 1. The predicted octanol–water partition coefficient (Wildman–Crippen LogP) is 1.81. The lowest BCUT2D eigenvalue weighted by Gasteiger charge is -2.52. The monoisotopic (exact) mass is 294 g/mol. The van der Waals surface area contributed by atoms with Crippen LogP contribution in [-0.4, -0.2) is 60.6 Å². The van der Waals surface area contributed by atoms with Crippen LogP contribution < -0.4 is 5.32 Å². The summed E-state index contributed by atoms with van der Waals surface area (Å²) in [6.45, 7) is 8.71. The number of quaternary nitrogens is 1. The van der Waals surface area contributed by atoms with Crippen LogP contribution >= 0.6 is 11.6 Å². The van der Waals surface area contributed by atoms with E-state index in [0.717, 1.165) is 49.4 Å². The molecule has 1 atom stereocenters. The first-order chi connectivity index (χ1) is 9.59. The highest BCUT2D eigenvalue weighted by Gasteiger charge is 2.45. The van der Waals surface area contributed by atoms with Gasteiger partial charge in [-0.1, -0.05) is 11.6 Å². The Hall–Kier alpha value is -1.10. The lowest BCUT2D eigenvalue weighted by molar-refractivity contribution is -0.953. The first-order valence-corrected chi connectivity index (χ1v) is 7.61. The minimum Gasteiger partial charge on any atom is -0.321 e. The second kappa shape index (κ2) is 5.35. The maximum absolute atomic E-state index is 12.5. The van der Waals surface area contributed by atoms with Crippen LogP contribution in [0.1, 0.15) is 6.92 Å². The van der Waals surface area contributed by atoms with Gasteiger partial charge in [-0.15, -0.1) is 0 Å². The van der Waals surface area contributed by atoms with Crippen molar-refractivity contribution in [2.75, 3.05) is 44.6 Å². The van der Waals surface area contributed by atoms with Crippen LogP contribution in [0, 0.1) is 0 Å². The molecule has 0 spiro atoms. The van der Waals surface area contributed by atoms with Gasteiger partial charge in [0.25, 0.3) is 5.91 Å². The van der Waals surface area contributed by atoms with E-state index in [1.54, 1.807) is 12.1 Å². The molecule has 20 heavy (non-hydrogen) atoms. The third kappa shape index (κ3) is 2.55. The number of anilines is 1. The van der Waals surface area contributed by atoms with Gasteiger partial charge < -0.3 is 9.80 Å². The van der Waals surface area contributed by atoms with Crippen molar-refractivity contribution in [3.8, 4) is 0 Å². The van der Waals surface area contributed by atoms with E-state index in [2.05, 4.69) is 17.1 Å². The highest BCUT2D eigenvalue weighted by Crippen LogP contribution is 2.24. The molecule has 0 unspecified atom stereocenters. The molecule has 3 heterocycles. The lowest BCUT2D eigenvalue weighted by Crippen LogP contribution is -2.72. The average Bonchev–Trinajstić information content (AvgIpc) is 2.50. The van der Waals surface area contributed by atoms with Gasteiger partial charge in [0.05, 0.1) is 19.6 Å². The number of nitrogens with zero attached hydrogens (tertiary/aromatic N) is 2. The highest BCUT2D eigenvalue weighted by atomic mass is 35.5. The zero-order valence-electron chi connectivity index (χ0n) is 11.8. The van der Waals surface area contributed by atoms with E-state index in [-0.39, 0.29) is 11.9 Å². The summed E-state index contributed by atoms with van der Waals surface area (Å²) in [5.41, 5.74) is 0.820. The Morgan fingerprint density at radius 3 is 2.30 bits per heavy atom. The summed E-state index contributed by atoms with van der Waals surface area (Å²) in [6.07, 6.45) is 0. The molecule has 0 aromatic heterocycles. The number of hydrogen-bond acceptors (Lipinski definition) is 2. The molecule has 2 bridgehead atoms. The Kier molecular flexibility index (Phi) is 3.71. The first-order valence-electron chi connectivity index (χ1n) is 7.24. The summed E-state index contributed by atoms with van der Waals surface area (Å²) in [6, 6.07) is 7.30. The molecule has 0 aliphatic carbocycles. The number of benzene rings is 1. The summed E-state index contributed by atoms with van der Waals surface area (Å²) in [5.74, 6) is 0.114. The second-order valence-electron chi connectivity index (χ2n) is 5.90. The van der Waals surface area contributed by atoms with Crippen molar-refractivity contribution in [1.29, 1.82) is 0 Å². The van der Waals surface area contributed by atoms with E-state index in [1.807, 2.05) is 12.1 Å². The second-order valence-corrected chi connectivity index (χ2v) is 6.34. The maximum atomic E-state index is 12.5. The van der Waals surface area contributed by atoms with Crippen molar-refractivity contribution < 1.29 is 9.28 Å². The molecular formula is C15H21ClN3O+. The number of carbonyl (C=O) groups is 1. The Morgan fingerprint density at radius 2 is 1.75 bits per heavy atom. The standard InChI is InChI=1S/C15H20ClN3O/c1-12(19-9-6-18(7-10-19)8-11-19)15(20)17-14-4-2-13(16)3-5-14/h2-5,12H,6-11H2,1H3/p+1/t12-/m0/s1. The maximum Gasteiger partial charge on any atom is 0.282 e. The van der Waals surface area contributed by atoms with Gasteiger partial charge in [-0.3, -0.25) is 9.69 Å². The SMILES string of the molecule is C[C@@H](C(=O)Nc1ccc(Cl)cc1)[N+]12CCN(CC1)CC2. The zero-order chi connectivity index (χ0) is 14.2. The molecule has 108 valence electrons. The number of nitrogens with one attached hydrogen (secondary N) is 1. The lowest BCUT2D eigenvalue weighted by atomic mass is 10.1. The molecule has 1 amide bonds. The van der Waals surface area contributed by atoms with E-state index in [1.165, 1.54) is 0 Å². The van der Waals surface area contributed by atoms with Crippen molar-refractivity contribution in [3.63, 3.8) is 0 Å². The van der Waals surface area contributed by atoms with Crippen LogP contribution in [0.15, 0.2) is 24.3 Å². The summed E-state index contributed by atoms with van der Waals surface area (Å²) >= 11 is 5.86. The molecule has 3 aliphatic heterocycles. The predicted molar refractivity (Wildman–Crippen MR) is 80.8 cm³/mol. The average molecular weight is 295 g/mol. The molecule has 3 fully saturated rings. The Bertz CT molecular complexity index is 481. The van der Waals surface area contributed by atoms with Gasteiger partial charge >= 0.3 is 0 Å².